The summed E-state index contributed by atoms with van der Waals surface area (Å²) in [6.07, 6.45) is 0. The predicted molar refractivity (Wildman–Crippen MR) is 113 cm³/mol. The summed E-state index contributed by atoms with van der Waals surface area (Å²) in [7, 11) is -3.97. The van der Waals surface area contributed by atoms with E-state index in [1.165, 1.54) is 38.1 Å². The van der Waals surface area contributed by atoms with Crippen LogP contribution in [-0.4, -0.2) is 25.1 Å². The van der Waals surface area contributed by atoms with Crippen molar-refractivity contribution in [1.82, 2.24) is 4.98 Å². The molecule has 8 heteroatoms. The van der Waals surface area contributed by atoms with Crippen LogP contribution in [0.1, 0.15) is 29.9 Å². The second kappa shape index (κ2) is 7.92. The van der Waals surface area contributed by atoms with Gasteiger partial charge in [-0.1, -0.05) is 30.3 Å². The van der Waals surface area contributed by atoms with Gasteiger partial charge >= 0.3 is 0 Å². The van der Waals surface area contributed by atoms with E-state index in [0.29, 0.717) is 22.6 Å². The van der Waals surface area contributed by atoms with Crippen LogP contribution < -0.4 is 10.0 Å². The van der Waals surface area contributed by atoms with Crippen molar-refractivity contribution in [3.05, 3.63) is 65.9 Å². The first-order valence-electron chi connectivity index (χ1n) is 8.88. The molecule has 0 atom stereocenters. The molecule has 3 N–H and O–H groups in total. The van der Waals surface area contributed by atoms with Crippen molar-refractivity contribution in [2.24, 2.45) is 0 Å². The number of carbonyl (C=O) groups is 2. The molecule has 0 saturated heterocycles. The largest absolute Gasteiger partial charge is 0.356 e. The number of H-pyrrole nitrogens is 1. The fraction of sp³-hybridized carbons (Fsp3) is 0.143. The highest BCUT2D eigenvalue weighted by molar-refractivity contribution is 7.92. The van der Waals surface area contributed by atoms with E-state index in [0.717, 1.165) is 5.56 Å². The Morgan fingerprint density at radius 2 is 1.55 bits per heavy atom. The van der Waals surface area contributed by atoms with Crippen LogP contribution in [0.15, 0.2) is 59.5 Å². The van der Waals surface area contributed by atoms with E-state index < -0.39 is 10.0 Å². The average molecular weight is 411 g/mol. The lowest BCUT2D eigenvalue weighted by Crippen LogP contribution is -2.15. The van der Waals surface area contributed by atoms with Gasteiger partial charge in [0.05, 0.1) is 21.8 Å². The molecule has 7 nitrogen and oxygen atoms in total. The van der Waals surface area contributed by atoms with Crippen molar-refractivity contribution in [2.75, 3.05) is 10.0 Å². The molecule has 1 heterocycles. The first kappa shape index (κ1) is 20.3. The molecule has 0 fully saturated rings. The molecule has 3 aromatic rings. The topological polar surface area (TPSA) is 108 Å². The van der Waals surface area contributed by atoms with Crippen molar-refractivity contribution in [3.63, 3.8) is 0 Å². The van der Waals surface area contributed by atoms with Gasteiger partial charge in [-0.05, 0) is 38.1 Å². The van der Waals surface area contributed by atoms with Crippen LogP contribution >= 0.6 is 0 Å². The third-order valence-electron chi connectivity index (χ3n) is 4.32. The van der Waals surface area contributed by atoms with Gasteiger partial charge in [0.1, 0.15) is 0 Å². The lowest BCUT2D eigenvalue weighted by molar-refractivity contribution is -0.114. The molecule has 0 bridgehead atoms. The van der Waals surface area contributed by atoms with Crippen molar-refractivity contribution in [3.8, 4) is 11.3 Å². The minimum Gasteiger partial charge on any atom is -0.356 e. The number of anilines is 2. The Balaban J connectivity index is 2.04. The van der Waals surface area contributed by atoms with Crippen LogP contribution in [0.3, 0.4) is 0 Å². The molecule has 0 radical (unpaired) electrons. The zero-order valence-electron chi connectivity index (χ0n) is 16.2. The molecule has 0 aliphatic carbocycles. The van der Waals surface area contributed by atoms with Gasteiger partial charge < -0.3 is 10.3 Å². The molecule has 0 aliphatic rings. The van der Waals surface area contributed by atoms with Gasteiger partial charge in [0, 0.05) is 23.9 Å². The molecule has 0 aliphatic heterocycles. The number of amides is 1. The predicted octanol–water partition coefficient (Wildman–Crippen LogP) is 3.95. The van der Waals surface area contributed by atoms with Gasteiger partial charge in [-0.2, -0.15) is 0 Å². The number of carbonyl (C=O) groups excluding carboxylic acids is 2. The number of ketones is 1. The summed E-state index contributed by atoms with van der Waals surface area (Å²) in [5.41, 5.74) is 2.85. The van der Waals surface area contributed by atoms with Gasteiger partial charge in [-0.25, -0.2) is 8.42 Å². The van der Waals surface area contributed by atoms with Crippen molar-refractivity contribution in [2.45, 2.75) is 25.7 Å². The second-order valence-corrected chi connectivity index (χ2v) is 8.29. The van der Waals surface area contributed by atoms with Crippen molar-refractivity contribution < 1.29 is 18.0 Å². The van der Waals surface area contributed by atoms with E-state index in [-0.39, 0.29) is 22.3 Å². The van der Waals surface area contributed by atoms with Crippen LogP contribution in [0.2, 0.25) is 0 Å². The Hall–Kier alpha value is -3.39. The molecule has 0 saturated carbocycles. The number of aromatic nitrogens is 1. The molecule has 0 unspecified atom stereocenters. The quantitative estimate of drug-likeness (QED) is 0.534. The maximum Gasteiger partial charge on any atom is 0.261 e. The fourth-order valence-corrected chi connectivity index (χ4v) is 4.19. The molecule has 3 rings (SSSR count). The molecule has 29 heavy (non-hydrogen) atoms. The minimum absolute atomic E-state index is 0.0129. The number of Topliss-reactive ketones (excluding diaryl/α,β-unsaturated/α-hetero) is 1. The SMILES string of the molecule is CC(=O)Nc1ccc(S(=O)(=O)Nc2c(-c3ccccc3)[nH]c(C)c2C(C)=O)cc1. The lowest BCUT2D eigenvalue weighted by Gasteiger charge is -2.12. The summed E-state index contributed by atoms with van der Waals surface area (Å²) in [4.78, 5) is 26.5. The van der Waals surface area contributed by atoms with Gasteiger partial charge in [-0.15, -0.1) is 0 Å². The van der Waals surface area contributed by atoms with Crippen LogP contribution in [0, 0.1) is 6.92 Å². The lowest BCUT2D eigenvalue weighted by atomic mass is 10.1. The normalized spacial score (nSPS) is 11.1. The number of nitrogens with one attached hydrogen (secondary N) is 3. The fourth-order valence-electron chi connectivity index (χ4n) is 3.10. The smallest absolute Gasteiger partial charge is 0.261 e. The summed E-state index contributed by atoms with van der Waals surface area (Å²) < 4.78 is 28.5. The first-order valence-corrected chi connectivity index (χ1v) is 10.4. The number of hydrogen-bond acceptors (Lipinski definition) is 4. The van der Waals surface area contributed by atoms with E-state index >= 15 is 0 Å². The molecular formula is C21H21N3O4S. The van der Waals surface area contributed by atoms with E-state index in [9.17, 15) is 18.0 Å². The number of benzene rings is 2. The van der Waals surface area contributed by atoms with Crippen LogP contribution in [0.25, 0.3) is 11.3 Å². The average Bonchev–Trinajstić information content (AvgIpc) is 2.98. The molecule has 2 aromatic carbocycles. The van der Waals surface area contributed by atoms with Gasteiger partial charge in [-0.3, -0.25) is 14.3 Å². The highest BCUT2D eigenvalue weighted by Crippen LogP contribution is 2.35. The Labute approximate surface area is 169 Å². The first-order chi connectivity index (χ1) is 13.7. The van der Waals surface area contributed by atoms with Crippen LogP contribution in [0.5, 0.6) is 0 Å². The maximum absolute atomic E-state index is 13.0. The Morgan fingerprint density at radius 3 is 2.10 bits per heavy atom. The number of aromatic amines is 1. The summed E-state index contributed by atoms with van der Waals surface area (Å²) in [5, 5.41) is 2.59. The van der Waals surface area contributed by atoms with Crippen molar-refractivity contribution in [1.29, 1.82) is 0 Å². The number of rotatable bonds is 6. The van der Waals surface area contributed by atoms with E-state index in [1.807, 2.05) is 30.3 Å². The molecular weight excluding hydrogens is 390 g/mol. The second-order valence-electron chi connectivity index (χ2n) is 6.61. The maximum atomic E-state index is 13.0. The Kier molecular flexibility index (Phi) is 5.56. The van der Waals surface area contributed by atoms with Crippen LogP contribution in [0.4, 0.5) is 11.4 Å². The number of aryl methyl sites for hydroxylation is 1. The minimum atomic E-state index is -3.97. The standard InChI is InChI=1S/C21H21N3O4S/c1-13-19(14(2)25)21(20(22-13)16-7-5-4-6-8-16)24-29(27,28)18-11-9-17(10-12-18)23-15(3)26/h4-12,22,24H,1-3H3,(H,23,26). The highest BCUT2D eigenvalue weighted by atomic mass is 32.2. The van der Waals surface area contributed by atoms with E-state index in [2.05, 4.69) is 15.0 Å². The zero-order chi connectivity index (χ0) is 21.2. The molecule has 0 spiro atoms. The summed E-state index contributed by atoms with van der Waals surface area (Å²) in [6, 6.07) is 15.0. The molecule has 1 amide bonds. The third-order valence-corrected chi connectivity index (χ3v) is 5.69. The third kappa shape index (κ3) is 4.38. The summed E-state index contributed by atoms with van der Waals surface area (Å²) in [6.45, 7) is 4.49. The summed E-state index contributed by atoms with van der Waals surface area (Å²) in [5.74, 6) is -0.500. The van der Waals surface area contributed by atoms with Crippen molar-refractivity contribution >= 4 is 33.1 Å². The van der Waals surface area contributed by atoms with Gasteiger partial charge in [0.2, 0.25) is 5.91 Å². The van der Waals surface area contributed by atoms with E-state index in [4.69, 9.17) is 0 Å². The number of sulfonamides is 1. The Morgan fingerprint density at radius 1 is 0.931 bits per heavy atom. The Bertz CT molecular complexity index is 1160. The molecule has 1 aromatic heterocycles. The van der Waals surface area contributed by atoms with E-state index in [1.54, 1.807) is 6.92 Å². The monoisotopic (exact) mass is 411 g/mol. The number of hydrogen-bond donors (Lipinski definition) is 3. The summed E-state index contributed by atoms with van der Waals surface area (Å²) >= 11 is 0. The highest BCUT2D eigenvalue weighted by Gasteiger charge is 2.24. The molecule has 150 valence electrons. The zero-order valence-corrected chi connectivity index (χ0v) is 17.1. The van der Waals surface area contributed by atoms with Gasteiger partial charge in [0.15, 0.2) is 5.78 Å². The van der Waals surface area contributed by atoms with Gasteiger partial charge in [0.25, 0.3) is 10.0 Å². The van der Waals surface area contributed by atoms with Crippen LogP contribution in [-0.2, 0) is 14.8 Å².